The van der Waals surface area contributed by atoms with Crippen LogP contribution in [-0.2, 0) is 0 Å². The van der Waals surface area contributed by atoms with Crippen LogP contribution in [0.3, 0.4) is 0 Å². The minimum absolute atomic E-state index is 0.118. The van der Waals surface area contributed by atoms with Crippen LogP contribution in [0.15, 0.2) is 51.7 Å². The number of nitrogens with zero attached hydrogens (tertiary/aromatic N) is 1. The van der Waals surface area contributed by atoms with Crippen molar-refractivity contribution in [3.05, 3.63) is 73.4 Å². The Hall–Kier alpha value is -2.66. The topological polar surface area (TPSA) is 73.3 Å². The molecule has 0 saturated heterocycles. The Bertz CT molecular complexity index is 962. The molecule has 0 unspecified atom stereocenters. The van der Waals surface area contributed by atoms with Crippen molar-refractivity contribution in [1.29, 1.82) is 0 Å². The van der Waals surface area contributed by atoms with E-state index in [1.807, 2.05) is 13.0 Å². The van der Waals surface area contributed by atoms with Crippen molar-refractivity contribution in [3.8, 4) is 11.3 Å². The van der Waals surface area contributed by atoms with Gasteiger partial charge in [0.25, 0.3) is 5.69 Å². The maximum Gasteiger partial charge on any atom is 0.270 e. The minimum Gasteiger partial charge on any atom is -0.456 e. The third-order valence-corrected chi connectivity index (χ3v) is 3.62. The minimum atomic E-state index is -0.533. The van der Waals surface area contributed by atoms with Gasteiger partial charge in [-0.2, -0.15) is 0 Å². The first-order valence-corrected chi connectivity index (χ1v) is 6.82. The number of halogens is 1. The largest absolute Gasteiger partial charge is 0.456 e. The molecule has 0 aliphatic rings. The highest BCUT2D eigenvalue weighted by Gasteiger charge is 2.14. The molecule has 1 aromatic heterocycles. The molecular formula is C16H10ClNO4. The highest BCUT2D eigenvalue weighted by atomic mass is 35.5. The number of hydrogen-bond acceptors (Lipinski definition) is 4. The Kier molecular flexibility index (Phi) is 3.42. The zero-order valence-corrected chi connectivity index (χ0v) is 12.3. The molecule has 0 aliphatic heterocycles. The molecule has 0 atom stereocenters. The lowest BCUT2D eigenvalue weighted by Gasteiger charge is -2.05. The lowest BCUT2D eigenvalue weighted by Crippen LogP contribution is -2.01. The van der Waals surface area contributed by atoms with Crippen molar-refractivity contribution in [2.75, 3.05) is 0 Å². The second kappa shape index (κ2) is 5.27. The quantitative estimate of drug-likeness (QED) is 0.521. The molecule has 0 aliphatic carbocycles. The van der Waals surface area contributed by atoms with E-state index in [9.17, 15) is 14.9 Å². The summed E-state index contributed by atoms with van der Waals surface area (Å²) < 4.78 is 5.71. The van der Waals surface area contributed by atoms with Crippen LogP contribution in [0, 0.1) is 17.0 Å². The van der Waals surface area contributed by atoms with Crippen LogP contribution in [0.25, 0.3) is 22.3 Å². The Labute approximate surface area is 129 Å². The van der Waals surface area contributed by atoms with Crippen molar-refractivity contribution in [3.63, 3.8) is 0 Å². The molecule has 0 fully saturated rings. The van der Waals surface area contributed by atoms with E-state index in [1.165, 1.54) is 24.3 Å². The van der Waals surface area contributed by atoms with E-state index in [0.717, 1.165) is 5.56 Å². The zero-order chi connectivity index (χ0) is 15.9. The van der Waals surface area contributed by atoms with E-state index in [1.54, 1.807) is 12.1 Å². The standard InChI is InChI=1S/C16H10ClNO4/c1-9-2-5-15-12(6-9)14(19)8-16(22-15)11-4-3-10(18(20)21)7-13(11)17/h2-8H,1H3. The number of rotatable bonds is 2. The summed E-state index contributed by atoms with van der Waals surface area (Å²) in [5.74, 6) is 0.279. The Morgan fingerprint density at radius 1 is 1.14 bits per heavy atom. The number of aryl methyl sites for hydroxylation is 1. The van der Waals surface area contributed by atoms with Gasteiger partial charge in [0, 0.05) is 23.8 Å². The van der Waals surface area contributed by atoms with Crippen molar-refractivity contribution in [2.45, 2.75) is 6.92 Å². The number of nitro groups is 1. The molecule has 0 spiro atoms. The normalized spacial score (nSPS) is 10.8. The summed E-state index contributed by atoms with van der Waals surface area (Å²) in [6.45, 7) is 1.89. The molecule has 0 bridgehead atoms. The molecule has 3 rings (SSSR count). The van der Waals surface area contributed by atoms with E-state index in [2.05, 4.69) is 0 Å². The first-order valence-electron chi connectivity index (χ1n) is 6.44. The van der Waals surface area contributed by atoms with Crippen molar-refractivity contribution >= 4 is 28.3 Å². The SMILES string of the molecule is Cc1ccc2oc(-c3ccc([N+](=O)[O-])cc3Cl)cc(=O)c2c1. The fourth-order valence-corrected chi connectivity index (χ4v) is 2.49. The average Bonchev–Trinajstić information content (AvgIpc) is 2.47. The van der Waals surface area contributed by atoms with E-state index >= 15 is 0 Å². The number of hydrogen-bond donors (Lipinski definition) is 0. The van der Waals surface area contributed by atoms with Gasteiger partial charge in [0.2, 0.25) is 0 Å². The van der Waals surface area contributed by atoms with Gasteiger partial charge in [0.05, 0.1) is 15.3 Å². The number of fused-ring (bicyclic) bond motifs is 1. The fraction of sp³-hybridized carbons (Fsp3) is 0.0625. The summed E-state index contributed by atoms with van der Waals surface area (Å²) in [7, 11) is 0. The van der Waals surface area contributed by atoms with Gasteiger partial charge in [-0.15, -0.1) is 0 Å². The smallest absolute Gasteiger partial charge is 0.270 e. The molecule has 0 saturated carbocycles. The summed E-state index contributed by atoms with van der Waals surface area (Å²) in [5.41, 5.74) is 1.54. The first-order chi connectivity index (χ1) is 10.5. The lowest BCUT2D eigenvalue weighted by atomic mass is 10.1. The highest BCUT2D eigenvalue weighted by molar-refractivity contribution is 6.33. The van der Waals surface area contributed by atoms with Crippen molar-refractivity contribution in [2.24, 2.45) is 0 Å². The van der Waals surface area contributed by atoms with Crippen LogP contribution in [0.1, 0.15) is 5.56 Å². The first kappa shape index (κ1) is 14.3. The molecular weight excluding hydrogens is 306 g/mol. The third kappa shape index (κ3) is 2.46. The summed E-state index contributed by atoms with van der Waals surface area (Å²) in [4.78, 5) is 22.4. The molecule has 0 amide bonds. The van der Waals surface area contributed by atoms with Crippen LogP contribution < -0.4 is 5.43 Å². The third-order valence-electron chi connectivity index (χ3n) is 3.31. The molecule has 2 aromatic carbocycles. The fourth-order valence-electron chi connectivity index (χ4n) is 2.22. The van der Waals surface area contributed by atoms with E-state index < -0.39 is 4.92 Å². The van der Waals surface area contributed by atoms with Crippen molar-refractivity contribution < 1.29 is 9.34 Å². The van der Waals surface area contributed by atoms with E-state index in [4.69, 9.17) is 16.0 Å². The van der Waals surface area contributed by atoms with Gasteiger partial charge in [0.1, 0.15) is 11.3 Å². The van der Waals surface area contributed by atoms with Gasteiger partial charge in [-0.1, -0.05) is 23.2 Å². The predicted molar refractivity (Wildman–Crippen MR) is 84.3 cm³/mol. The summed E-state index contributed by atoms with van der Waals surface area (Å²) >= 11 is 6.07. The maximum absolute atomic E-state index is 12.2. The van der Waals surface area contributed by atoms with Gasteiger partial charge < -0.3 is 4.42 Å². The summed E-state index contributed by atoms with van der Waals surface area (Å²) in [6.07, 6.45) is 0. The highest BCUT2D eigenvalue weighted by Crippen LogP contribution is 2.31. The van der Waals surface area contributed by atoms with E-state index in [-0.39, 0.29) is 21.9 Å². The van der Waals surface area contributed by atoms with Crippen LogP contribution in [-0.4, -0.2) is 4.92 Å². The lowest BCUT2D eigenvalue weighted by molar-refractivity contribution is -0.384. The van der Waals surface area contributed by atoms with Gasteiger partial charge in [-0.25, -0.2) is 0 Å². The monoisotopic (exact) mass is 315 g/mol. The molecule has 3 aromatic rings. The van der Waals surface area contributed by atoms with Crippen LogP contribution in [0.4, 0.5) is 5.69 Å². The summed E-state index contributed by atoms with van der Waals surface area (Å²) in [6, 6.07) is 10.7. The Balaban J connectivity index is 2.21. The zero-order valence-electron chi connectivity index (χ0n) is 11.5. The van der Waals surface area contributed by atoms with Gasteiger partial charge in [-0.05, 0) is 25.1 Å². The van der Waals surface area contributed by atoms with Crippen LogP contribution in [0.2, 0.25) is 5.02 Å². The van der Waals surface area contributed by atoms with Gasteiger partial charge in [0.15, 0.2) is 5.43 Å². The van der Waals surface area contributed by atoms with E-state index in [0.29, 0.717) is 16.5 Å². The number of nitro benzene ring substituents is 1. The van der Waals surface area contributed by atoms with Crippen LogP contribution >= 0.6 is 11.6 Å². The second-order valence-electron chi connectivity index (χ2n) is 4.90. The predicted octanol–water partition coefficient (Wildman–Crippen LogP) is 4.33. The number of non-ortho nitro benzene ring substituents is 1. The van der Waals surface area contributed by atoms with Gasteiger partial charge in [-0.3, -0.25) is 14.9 Å². The molecule has 0 N–H and O–H groups in total. The summed E-state index contributed by atoms with van der Waals surface area (Å²) in [5, 5.41) is 11.4. The molecule has 22 heavy (non-hydrogen) atoms. The Morgan fingerprint density at radius 2 is 1.91 bits per heavy atom. The molecule has 110 valence electrons. The Morgan fingerprint density at radius 3 is 2.59 bits per heavy atom. The van der Waals surface area contributed by atoms with Crippen molar-refractivity contribution in [1.82, 2.24) is 0 Å². The van der Waals surface area contributed by atoms with Gasteiger partial charge >= 0.3 is 0 Å². The van der Waals surface area contributed by atoms with Crippen LogP contribution in [0.5, 0.6) is 0 Å². The second-order valence-corrected chi connectivity index (χ2v) is 5.30. The molecule has 1 heterocycles. The molecule has 5 nitrogen and oxygen atoms in total. The maximum atomic E-state index is 12.2. The molecule has 0 radical (unpaired) electrons. The number of benzene rings is 2. The average molecular weight is 316 g/mol. The molecule has 6 heteroatoms.